The predicted octanol–water partition coefficient (Wildman–Crippen LogP) is 10.4. The van der Waals surface area contributed by atoms with E-state index in [1.165, 1.54) is 33.0 Å². The molecule has 4 heteroatoms. The first kappa shape index (κ1) is 28.6. The lowest BCUT2D eigenvalue weighted by atomic mass is 9.82. The van der Waals surface area contributed by atoms with E-state index in [2.05, 4.69) is 140 Å². The van der Waals surface area contributed by atoms with Gasteiger partial charge in [-0.1, -0.05) is 135 Å². The summed E-state index contributed by atoms with van der Waals surface area (Å²) in [6.45, 7) is 8.95. The van der Waals surface area contributed by atoms with Crippen molar-refractivity contribution >= 4 is 40.2 Å². The van der Waals surface area contributed by atoms with E-state index in [0.717, 1.165) is 38.9 Å². The number of hydrogen-bond donors (Lipinski definition) is 1. The minimum absolute atomic E-state index is 0.0692. The van der Waals surface area contributed by atoms with Crippen LogP contribution in [-0.4, -0.2) is 23.4 Å². The van der Waals surface area contributed by atoms with E-state index in [9.17, 15) is 0 Å². The van der Waals surface area contributed by atoms with Gasteiger partial charge in [0.25, 0.3) is 0 Å². The van der Waals surface area contributed by atoms with Crippen molar-refractivity contribution in [1.29, 1.82) is 0 Å². The van der Waals surface area contributed by atoms with Crippen molar-refractivity contribution in [3.05, 3.63) is 167 Å². The van der Waals surface area contributed by atoms with Gasteiger partial charge in [-0.2, -0.15) is 0 Å². The van der Waals surface area contributed by atoms with E-state index in [-0.39, 0.29) is 5.41 Å². The standard InChI is InChI=1S/C43H34N4/c1-43(2)37-18-9-7-16-33(37)34-22-20-28(24-38(34)43)27-45-42(47-41(44-3)29-12-5-4-6-13-29)32-15-11-14-30(25-32)31-21-23-36-35-17-8-10-19-39(35)46-40(36)26-31/h4-26,46H,3,27H2,1-2H3. The molecule has 0 unspecified atom stereocenters. The maximum atomic E-state index is 5.15. The third kappa shape index (κ3) is 5.08. The van der Waals surface area contributed by atoms with Crippen LogP contribution in [0.2, 0.25) is 0 Å². The number of amidine groups is 2. The molecule has 226 valence electrons. The Labute approximate surface area is 274 Å². The second-order valence-corrected chi connectivity index (χ2v) is 12.7. The molecule has 0 fully saturated rings. The molecule has 0 saturated heterocycles. The minimum Gasteiger partial charge on any atom is -0.354 e. The summed E-state index contributed by atoms with van der Waals surface area (Å²) in [4.78, 5) is 18.1. The Balaban J connectivity index is 1.20. The number of hydrogen-bond acceptors (Lipinski definition) is 1. The molecule has 0 radical (unpaired) electrons. The maximum absolute atomic E-state index is 5.15. The number of para-hydroxylation sites is 1. The molecule has 0 amide bonds. The summed E-state index contributed by atoms with van der Waals surface area (Å²) in [6, 6.07) is 48.9. The van der Waals surface area contributed by atoms with Crippen molar-refractivity contribution in [3.8, 4) is 22.3 Å². The molecule has 0 saturated carbocycles. The number of aromatic nitrogens is 1. The topological polar surface area (TPSA) is 52.9 Å². The predicted molar refractivity (Wildman–Crippen MR) is 198 cm³/mol. The van der Waals surface area contributed by atoms with Gasteiger partial charge in [-0.15, -0.1) is 0 Å². The van der Waals surface area contributed by atoms with Gasteiger partial charge >= 0.3 is 0 Å². The van der Waals surface area contributed by atoms with Gasteiger partial charge in [-0.05, 0) is 63.9 Å². The molecule has 6 aromatic carbocycles. The number of benzene rings is 6. The Morgan fingerprint density at radius 1 is 0.596 bits per heavy atom. The molecular formula is C43H34N4. The summed E-state index contributed by atoms with van der Waals surface area (Å²) in [6.07, 6.45) is 0. The monoisotopic (exact) mass is 606 g/mol. The second kappa shape index (κ2) is 11.5. The summed E-state index contributed by atoms with van der Waals surface area (Å²) in [5.74, 6) is 1.16. The molecule has 0 atom stereocenters. The third-order valence-corrected chi connectivity index (χ3v) is 9.41. The van der Waals surface area contributed by atoms with Gasteiger partial charge in [0, 0.05) is 38.3 Å². The number of fused-ring (bicyclic) bond motifs is 6. The van der Waals surface area contributed by atoms with Gasteiger partial charge in [-0.25, -0.2) is 9.98 Å². The molecule has 0 bridgehead atoms. The molecule has 0 aliphatic heterocycles. The zero-order valence-electron chi connectivity index (χ0n) is 26.5. The number of H-pyrrole nitrogens is 1. The number of aliphatic imine (C=N–C) groups is 3. The molecular weight excluding hydrogens is 573 g/mol. The molecule has 1 N–H and O–H groups in total. The van der Waals surface area contributed by atoms with Crippen LogP contribution in [0, 0.1) is 0 Å². The Morgan fingerprint density at radius 2 is 1.32 bits per heavy atom. The van der Waals surface area contributed by atoms with Crippen molar-refractivity contribution in [2.45, 2.75) is 25.8 Å². The first-order valence-corrected chi connectivity index (χ1v) is 16.0. The number of aromatic amines is 1. The Hall–Kier alpha value is -5.87. The van der Waals surface area contributed by atoms with Crippen LogP contribution in [0.3, 0.4) is 0 Å². The van der Waals surface area contributed by atoms with Crippen molar-refractivity contribution < 1.29 is 0 Å². The van der Waals surface area contributed by atoms with Gasteiger partial charge in [0.1, 0.15) is 0 Å². The van der Waals surface area contributed by atoms with Crippen molar-refractivity contribution in [2.75, 3.05) is 0 Å². The van der Waals surface area contributed by atoms with E-state index >= 15 is 0 Å². The smallest absolute Gasteiger partial charge is 0.161 e. The first-order valence-electron chi connectivity index (χ1n) is 16.0. The molecule has 1 aliphatic carbocycles. The van der Waals surface area contributed by atoms with Crippen LogP contribution in [-0.2, 0) is 12.0 Å². The average molecular weight is 607 g/mol. The van der Waals surface area contributed by atoms with Crippen LogP contribution in [0.5, 0.6) is 0 Å². The Kier molecular flexibility index (Phi) is 6.99. The molecule has 47 heavy (non-hydrogen) atoms. The number of nitrogens with zero attached hydrogens (tertiary/aromatic N) is 3. The molecule has 1 aromatic heterocycles. The molecule has 0 spiro atoms. The van der Waals surface area contributed by atoms with E-state index in [0.29, 0.717) is 18.2 Å². The Morgan fingerprint density at radius 3 is 2.19 bits per heavy atom. The van der Waals surface area contributed by atoms with Gasteiger partial charge in [0.15, 0.2) is 11.7 Å². The summed E-state index contributed by atoms with van der Waals surface area (Å²) in [5, 5.41) is 2.45. The fourth-order valence-corrected chi connectivity index (χ4v) is 6.96. The SMILES string of the molecule is C=NC(=NC(=NCc1ccc2c(c1)C(C)(C)c1ccccc1-2)c1cccc(-c2ccc3c(c2)[nH]c2ccccc23)c1)c1ccccc1. The van der Waals surface area contributed by atoms with Crippen LogP contribution >= 0.6 is 0 Å². The van der Waals surface area contributed by atoms with Crippen molar-refractivity contribution in [2.24, 2.45) is 15.0 Å². The largest absolute Gasteiger partial charge is 0.354 e. The maximum Gasteiger partial charge on any atom is 0.161 e. The number of rotatable bonds is 5. The van der Waals surface area contributed by atoms with Gasteiger partial charge in [-0.3, -0.25) is 4.99 Å². The highest BCUT2D eigenvalue weighted by Gasteiger charge is 2.35. The Bertz CT molecular complexity index is 2370. The fraction of sp³-hybridized carbons (Fsp3) is 0.0930. The summed E-state index contributed by atoms with van der Waals surface area (Å²) >= 11 is 0. The van der Waals surface area contributed by atoms with E-state index in [4.69, 9.17) is 9.98 Å². The van der Waals surface area contributed by atoms with Gasteiger partial charge < -0.3 is 4.98 Å². The fourth-order valence-electron chi connectivity index (χ4n) is 6.96. The highest BCUT2D eigenvalue weighted by atomic mass is 15.0. The summed E-state index contributed by atoms with van der Waals surface area (Å²) < 4.78 is 0. The summed E-state index contributed by atoms with van der Waals surface area (Å²) in [5.41, 5.74) is 12.7. The molecule has 4 nitrogen and oxygen atoms in total. The van der Waals surface area contributed by atoms with Crippen molar-refractivity contribution in [1.82, 2.24) is 4.98 Å². The first-order chi connectivity index (χ1) is 23.0. The lowest BCUT2D eigenvalue weighted by molar-refractivity contribution is 0.659. The lowest BCUT2D eigenvalue weighted by Gasteiger charge is -2.21. The van der Waals surface area contributed by atoms with Crippen molar-refractivity contribution in [3.63, 3.8) is 0 Å². The van der Waals surface area contributed by atoms with Gasteiger partial charge in [0.05, 0.1) is 6.54 Å². The van der Waals surface area contributed by atoms with Crippen LogP contribution in [0.15, 0.2) is 155 Å². The van der Waals surface area contributed by atoms with Crippen LogP contribution < -0.4 is 0 Å². The van der Waals surface area contributed by atoms with Crippen LogP contribution in [0.25, 0.3) is 44.1 Å². The normalized spacial score (nSPS) is 13.9. The highest BCUT2D eigenvalue weighted by molar-refractivity contribution is 6.13. The third-order valence-electron chi connectivity index (χ3n) is 9.41. The second-order valence-electron chi connectivity index (χ2n) is 12.7. The number of nitrogens with one attached hydrogen (secondary N) is 1. The van der Waals surface area contributed by atoms with E-state index in [1.807, 2.05) is 30.3 Å². The molecule has 7 aromatic rings. The highest BCUT2D eigenvalue weighted by Crippen LogP contribution is 2.48. The van der Waals surface area contributed by atoms with Crippen LogP contribution in [0.4, 0.5) is 0 Å². The average Bonchev–Trinajstić information content (AvgIpc) is 3.60. The van der Waals surface area contributed by atoms with E-state index < -0.39 is 0 Å². The van der Waals surface area contributed by atoms with E-state index in [1.54, 1.807) is 0 Å². The zero-order chi connectivity index (χ0) is 32.0. The lowest BCUT2D eigenvalue weighted by Crippen LogP contribution is -2.15. The molecule has 1 aliphatic rings. The quantitative estimate of drug-likeness (QED) is 0.150. The van der Waals surface area contributed by atoms with Gasteiger partial charge in [0.2, 0.25) is 0 Å². The minimum atomic E-state index is -0.0692. The zero-order valence-corrected chi connectivity index (χ0v) is 26.5. The molecule has 1 heterocycles. The molecule has 8 rings (SSSR count). The summed E-state index contributed by atoms with van der Waals surface area (Å²) in [7, 11) is 0. The van der Waals surface area contributed by atoms with Crippen LogP contribution in [0.1, 0.15) is 41.7 Å².